The van der Waals surface area contributed by atoms with E-state index in [1.165, 1.54) is 0 Å². The highest BCUT2D eigenvalue weighted by molar-refractivity contribution is 5.93. The normalized spacial score (nSPS) is 10.2. The van der Waals surface area contributed by atoms with Gasteiger partial charge in [-0.15, -0.1) is 0 Å². The first-order valence-electron chi connectivity index (χ1n) is 6.97. The molecule has 21 heavy (non-hydrogen) atoms. The Kier molecular flexibility index (Phi) is 4.77. The largest absolute Gasteiger partial charge is 0.508 e. The van der Waals surface area contributed by atoms with Gasteiger partial charge in [-0.2, -0.15) is 0 Å². The SMILES string of the molecule is CCNC(=O)Nc1nccc(CC)c1-c1cccc(O)c1. The smallest absolute Gasteiger partial charge is 0.320 e. The van der Waals surface area contributed by atoms with E-state index in [1.807, 2.05) is 26.0 Å². The van der Waals surface area contributed by atoms with Crippen LogP contribution in [0.25, 0.3) is 11.1 Å². The van der Waals surface area contributed by atoms with Crippen LogP contribution in [0.4, 0.5) is 10.6 Å². The summed E-state index contributed by atoms with van der Waals surface area (Å²) in [6, 6.07) is 8.56. The van der Waals surface area contributed by atoms with Crippen LogP contribution >= 0.6 is 0 Å². The summed E-state index contributed by atoms with van der Waals surface area (Å²) in [4.78, 5) is 16.0. The van der Waals surface area contributed by atoms with E-state index in [4.69, 9.17) is 0 Å². The molecule has 0 fully saturated rings. The van der Waals surface area contributed by atoms with Crippen LogP contribution in [0.15, 0.2) is 36.5 Å². The van der Waals surface area contributed by atoms with E-state index in [9.17, 15) is 9.90 Å². The Labute approximate surface area is 124 Å². The second kappa shape index (κ2) is 6.74. The van der Waals surface area contributed by atoms with E-state index in [1.54, 1.807) is 24.4 Å². The summed E-state index contributed by atoms with van der Waals surface area (Å²) in [5, 5.41) is 15.1. The van der Waals surface area contributed by atoms with Crippen molar-refractivity contribution in [3.63, 3.8) is 0 Å². The lowest BCUT2D eigenvalue weighted by Gasteiger charge is -2.14. The minimum atomic E-state index is -0.292. The Morgan fingerprint density at radius 1 is 1.29 bits per heavy atom. The van der Waals surface area contributed by atoms with Crippen LogP contribution in [-0.4, -0.2) is 22.7 Å². The van der Waals surface area contributed by atoms with Gasteiger partial charge in [0.25, 0.3) is 0 Å². The molecule has 1 heterocycles. The fraction of sp³-hybridized carbons (Fsp3) is 0.250. The molecule has 0 unspecified atom stereocenters. The van der Waals surface area contributed by atoms with Crippen LogP contribution in [-0.2, 0) is 6.42 Å². The van der Waals surface area contributed by atoms with Gasteiger partial charge in [-0.25, -0.2) is 9.78 Å². The third-order valence-electron chi connectivity index (χ3n) is 3.12. The summed E-state index contributed by atoms with van der Waals surface area (Å²) in [7, 11) is 0. The number of aromatic nitrogens is 1. The second-order valence-electron chi connectivity index (χ2n) is 4.58. The van der Waals surface area contributed by atoms with Crippen molar-refractivity contribution in [1.29, 1.82) is 0 Å². The molecule has 0 aliphatic heterocycles. The molecule has 0 radical (unpaired) electrons. The number of anilines is 1. The number of rotatable bonds is 4. The quantitative estimate of drug-likeness (QED) is 0.807. The Bertz CT molecular complexity index is 641. The van der Waals surface area contributed by atoms with Gasteiger partial charge < -0.3 is 10.4 Å². The predicted molar refractivity (Wildman–Crippen MR) is 83.4 cm³/mol. The lowest BCUT2D eigenvalue weighted by molar-refractivity contribution is 0.252. The first-order chi connectivity index (χ1) is 10.2. The maximum absolute atomic E-state index is 11.8. The number of phenolic OH excluding ortho intramolecular Hbond substituents is 1. The number of nitrogens with zero attached hydrogens (tertiary/aromatic N) is 1. The third kappa shape index (κ3) is 3.51. The van der Waals surface area contributed by atoms with Crippen molar-refractivity contribution in [3.05, 3.63) is 42.1 Å². The number of aryl methyl sites for hydroxylation is 1. The Hall–Kier alpha value is -2.56. The van der Waals surface area contributed by atoms with Crippen LogP contribution in [0, 0.1) is 0 Å². The average molecular weight is 285 g/mol. The van der Waals surface area contributed by atoms with Gasteiger partial charge in [0.1, 0.15) is 11.6 Å². The topological polar surface area (TPSA) is 74.2 Å². The molecule has 2 rings (SSSR count). The highest BCUT2D eigenvalue weighted by Crippen LogP contribution is 2.32. The van der Waals surface area contributed by atoms with Crippen molar-refractivity contribution in [3.8, 4) is 16.9 Å². The molecule has 5 heteroatoms. The minimum Gasteiger partial charge on any atom is -0.508 e. The Balaban J connectivity index is 2.48. The standard InChI is InChI=1S/C16H19N3O2/c1-3-11-8-9-18-15(19-16(21)17-4-2)14(11)12-6-5-7-13(20)10-12/h5-10,20H,3-4H2,1-2H3,(H2,17,18,19,21). The second-order valence-corrected chi connectivity index (χ2v) is 4.58. The van der Waals surface area contributed by atoms with Crippen molar-refractivity contribution >= 4 is 11.8 Å². The highest BCUT2D eigenvalue weighted by atomic mass is 16.3. The molecule has 1 aromatic carbocycles. The molecule has 0 bridgehead atoms. The number of pyridine rings is 1. The van der Waals surface area contributed by atoms with Gasteiger partial charge in [0, 0.05) is 18.3 Å². The van der Waals surface area contributed by atoms with Crippen molar-refractivity contribution < 1.29 is 9.90 Å². The van der Waals surface area contributed by atoms with Gasteiger partial charge in [0.2, 0.25) is 0 Å². The fourth-order valence-electron chi connectivity index (χ4n) is 2.19. The molecule has 0 spiro atoms. The molecule has 5 nitrogen and oxygen atoms in total. The fourth-order valence-corrected chi connectivity index (χ4v) is 2.19. The summed E-state index contributed by atoms with van der Waals surface area (Å²) in [5.41, 5.74) is 2.72. The molecular weight excluding hydrogens is 266 g/mol. The van der Waals surface area contributed by atoms with E-state index in [0.717, 1.165) is 23.1 Å². The zero-order valence-electron chi connectivity index (χ0n) is 12.2. The van der Waals surface area contributed by atoms with Crippen molar-refractivity contribution in [2.24, 2.45) is 0 Å². The third-order valence-corrected chi connectivity index (χ3v) is 3.12. The van der Waals surface area contributed by atoms with Crippen molar-refractivity contribution in [2.45, 2.75) is 20.3 Å². The lowest BCUT2D eigenvalue weighted by Crippen LogP contribution is -2.29. The molecule has 2 aromatic rings. The average Bonchev–Trinajstić information content (AvgIpc) is 2.47. The van der Waals surface area contributed by atoms with Crippen LogP contribution in [0.3, 0.4) is 0 Å². The van der Waals surface area contributed by atoms with E-state index >= 15 is 0 Å². The zero-order valence-corrected chi connectivity index (χ0v) is 12.2. The molecule has 0 aliphatic rings. The molecule has 110 valence electrons. The van der Waals surface area contributed by atoms with E-state index in [-0.39, 0.29) is 11.8 Å². The monoisotopic (exact) mass is 285 g/mol. The predicted octanol–water partition coefficient (Wildman–Crippen LogP) is 3.16. The van der Waals surface area contributed by atoms with Crippen LogP contribution in [0.5, 0.6) is 5.75 Å². The molecule has 0 aliphatic carbocycles. The lowest BCUT2D eigenvalue weighted by atomic mass is 9.99. The van der Waals surface area contributed by atoms with Crippen LogP contribution in [0.2, 0.25) is 0 Å². The molecule has 3 N–H and O–H groups in total. The van der Waals surface area contributed by atoms with Gasteiger partial charge in [0.15, 0.2) is 0 Å². The maximum atomic E-state index is 11.8. The molecule has 0 atom stereocenters. The van der Waals surface area contributed by atoms with Crippen molar-refractivity contribution in [2.75, 3.05) is 11.9 Å². The molecule has 1 aromatic heterocycles. The van der Waals surface area contributed by atoms with Gasteiger partial charge in [-0.05, 0) is 42.7 Å². The summed E-state index contributed by atoms with van der Waals surface area (Å²) in [5.74, 6) is 0.674. The number of hydrogen-bond acceptors (Lipinski definition) is 3. The Morgan fingerprint density at radius 3 is 2.76 bits per heavy atom. The summed E-state index contributed by atoms with van der Waals surface area (Å²) in [6.45, 7) is 4.43. The first kappa shape index (κ1) is 14.8. The number of hydrogen-bond donors (Lipinski definition) is 3. The number of carbonyl (C=O) groups excluding carboxylic acids is 1. The Morgan fingerprint density at radius 2 is 2.10 bits per heavy atom. The van der Waals surface area contributed by atoms with Crippen molar-refractivity contribution in [1.82, 2.24) is 10.3 Å². The van der Waals surface area contributed by atoms with Gasteiger partial charge in [0.05, 0.1) is 0 Å². The van der Waals surface area contributed by atoms with E-state index in [2.05, 4.69) is 15.6 Å². The van der Waals surface area contributed by atoms with Gasteiger partial charge in [-0.1, -0.05) is 19.1 Å². The summed E-state index contributed by atoms with van der Waals surface area (Å²) < 4.78 is 0. The summed E-state index contributed by atoms with van der Waals surface area (Å²) in [6.07, 6.45) is 2.48. The number of phenols is 1. The number of urea groups is 1. The van der Waals surface area contributed by atoms with Crippen LogP contribution < -0.4 is 10.6 Å². The van der Waals surface area contributed by atoms with Crippen LogP contribution in [0.1, 0.15) is 19.4 Å². The highest BCUT2D eigenvalue weighted by Gasteiger charge is 2.13. The number of benzene rings is 1. The molecular formula is C16H19N3O2. The first-order valence-corrected chi connectivity index (χ1v) is 6.97. The number of nitrogens with one attached hydrogen (secondary N) is 2. The molecule has 0 saturated carbocycles. The molecule has 0 saturated heterocycles. The summed E-state index contributed by atoms with van der Waals surface area (Å²) >= 11 is 0. The van der Waals surface area contributed by atoms with E-state index < -0.39 is 0 Å². The number of amides is 2. The molecule has 2 amide bonds. The number of aromatic hydroxyl groups is 1. The van der Waals surface area contributed by atoms with E-state index in [0.29, 0.717) is 12.4 Å². The zero-order chi connectivity index (χ0) is 15.2. The van der Waals surface area contributed by atoms with Gasteiger partial charge >= 0.3 is 6.03 Å². The number of carbonyl (C=O) groups is 1. The maximum Gasteiger partial charge on any atom is 0.320 e. The minimum absolute atomic E-state index is 0.183. The van der Waals surface area contributed by atoms with Gasteiger partial charge in [-0.3, -0.25) is 5.32 Å².